The van der Waals surface area contributed by atoms with Gasteiger partial charge in [0.15, 0.2) is 16.7 Å². The van der Waals surface area contributed by atoms with Gasteiger partial charge in [-0.3, -0.25) is 10.1 Å². The van der Waals surface area contributed by atoms with Crippen molar-refractivity contribution in [1.29, 1.82) is 0 Å². The van der Waals surface area contributed by atoms with Gasteiger partial charge in [-0.15, -0.1) is 10.2 Å². The SMILES string of the molecule is CNC(=O)NC(=O)[C@H](Sc1nnc(-c2ccco2)n1C)c1ccccc1. The third-order valence-electron chi connectivity index (χ3n) is 3.60. The van der Waals surface area contributed by atoms with E-state index in [4.69, 9.17) is 4.42 Å². The van der Waals surface area contributed by atoms with Gasteiger partial charge in [-0.2, -0.15) is 0 Å². The van der Waals surface area contributed by atoms with E-state index in [9.17, 15) is 9.59 Å². The van der Waals surface area contributed by atoms with Crippen LogP contribution in [-0.2, 0) is 11.8 Å². The van der Waals surface area contributed by atoms with Crippen LogP contribution in [0.2, 0.25) is 0 Å². The number of hydrogen-bond donors (Lipinski definition) is 2. The normalized spacial score (nSPS) is 11.8. The van der Waals surface area contributed by atoms with Crippen molar-refractivity contribution in [3.63, 3.8) is 0 Å². The zero-order valence-corrected chi connectivity index (χ0v) is 15.0. The van der Waals surface area contributed by atoms with Crippen LogP contribution < -0.4 is 10.6 Å². The Bertz CT molecular complexity index is 893. The number of imide groups is 1. The summed E-state index contributed by atoms with van der Waals surface area (Å²) in [6.45, 7) is 0. The van der Waals surface area contributed by atoms with Crippen LogP contribution in [0.15, 0.2) is 58.3 Å². The molecular weight excluding hydrogens is 354 g/mol. The van der Waals surface area contributed by atoms with Crippen LogP contribution in [0.1, 0.15) is 10.8 Å². The van der Waals surface area contributed by atoms with Gasteiger partial charge in [-0.25, -0.2) is 4.79 Å². The van der Waals surface area contributed by atoms with E-state index in [-0.39, 0.29) is 0 Å². The lowest BCUT2D eigenvalue weighted by Crippen LogP contribution is -2.39. The minimum Gasteiger partial charge on any atom is -0.461 e. The van der Waals surface area contributed by atoms with Gasteiger partial charge < -0.3 is 14.3 Å². The number of nitrogens with zero attached hydrogens (tertiary/aromatic N) is 3. The van der Waals surface area contributed by atoms with Gasteiger partial charge in [0.05, 0.1) is 6.26 Å². The van der Waals surface area contributed by atoms with Crippen molar-refractivity contribution < 1.29 is 14.0 Å². The maximum Gasteiger partial charge on any atom is 0.321 e. The average Bonchev–Trinajstić information content (AvgIpc) is 3.30. The highest BCUT2D eigenvalue weighted by atomic mass is 32.2. The molecule has 2 heterocycles. The molecule has 0 aliphatic heterocycles. The van der Waals surface area contributed by atoms with Crippen LogP contribution in [0.3, 0.4) is 0 Å². The maximum atomic E-state index is 12.6. The highest BCUT2D eigenvalue weighted by Gasteiger charge is 2.26. The molecule has 3 amide bonds. The largest absolute Gasteiger partial charge is 0.461 e. The summed E-state index contributed by atoms with van der Waals surface area (Å²) in [6, 6.07) is 12.2. The molecule has 9 heteroatoms. The van der Waals surface area contributed by atoms with E-state index in [1.165, 1.54) is 18.8 Å². The minimum atomic E-state index is -0.666. The minimum absolute atomic E-state index is 0.442. The van der Waals surface area contributed by atoms with Gasteiger partial charge in [0.25, 0.3) is 0 Å². The zero-order chi connectivity index (χ0) is 18.5. The van der Waals surface area contributed by atoms with Crippen LogP contribution in [0, 0.1) is 0 Å². The van der Waals surface area contributed by atoms with E-state index in [2.05, 4.69) is 20.8 Å². The van der Waals surface area contributed by atoms with Gasteiger partial charge in [0.2, 0.25) is 5.91 Å². The summed E-state index contributed by atoms with van der Waals surface area (Å²) < 4.78 is 7.10. The van der Waals surface area contributed by atoms with E-state index in [1.54, 1.807) is 30.0 Å². The Kier molecular flexibility index (Phi) is 5.37. The molecule has 0 unspecified atom stereocenters. The Balaban J connectivity index is 1.89. The van der Waals surface area contributed by atoms with E-state index in [0.29, 0.717) is 16.7 Å². The molecule has 1 atom stereocenters. The number of hydrogen-bond acceptors (Lipinski definition) is 6. The molecule has 0 bridgehead atoms. The Morgan fingerprint density at radius 3 is 2.58 bits per heavy atom. The summed E-state index contributed by atoms with van der Waals surface area (Å²) in [5.41, 5.74) is 0.751. The molecule has 134 valence electrons. The second-order valence-corrected chi connectivity index (χ2v) is 6.39. The number of thioether (sulfide) groups is 1. The van der Waals surface area contributed by atoms with Crippen molar-refractivity contribution in [3.8, 4) is 11.6 Å². The van der Waals surface area contributed by atoms with Gasteiger partial charge in [-0.05, 0) is 17.7 Å². The fourth-order valence-corrected chi connectivity index (χ4v) is 3.29. The number of urea groups is 1. The van der Waals surface area contributed by atoms with Crippen LogP contribution in [0.5, 0.6) is 0 Å². The third-order valence-corrected chi connectivity index (χ3v) is 4.89. The summed E-state index contributed by atoms with van der Waals surface area (Å²) in [4.78, 5) is 24.1. The van der Waals surface area contributed by atoms with Crippen molar-refractivity contribution >= 4 is 23.7 Å². The number of carbonyl (C=O) groups is 2. The first-order chi connectivity index (χ1) is 12.6. The quantitative estimate of drug-likeness (QED) is 0.668. The van der Waals surface area contributed by atoms with Crippen LogP contribution in [0.25, 0.3) is 11.6 Å². The summed E-state index contributed by atoms with van der Waals surface area (Å²) >= 11 is 1.20. The second-order valence-electron chi connectivity index (χ2n) is 5.32. The first-order valence-corrected chi connectivity index (χ1v) is 8.65. The van der Waals surface area contributed by atoms with Crippen molar-refractivity contribution in [3.05, 3.63) is 54.3 Å². The molecule has 26 heavy (non-hydrogen) atoms. The molecule has 0 saturated carbocycles. The first-order valence-electron chi connectivity index (χ1n) is 7.77. The molecule has 2 aromatic heterocycles. The number of furan rings is 1. The molecule has 2 N–H and O–H groups in total. The van der Waals surface area contributed by atoms with E-state index < -0.39 is 17.2 Å². The average molecular weight is 371 g/mol. The molecule has 0 radical (unpaired) electrons. The van der Waals surface area contributed by atoms with Gasteiger partial charge >= 0.3 is 6.03 Å². The van der Waals surface area contributed by atoms with Gasteiger partial charge in [0, 0.05) is 14.1 Å². The molecule has 0 saturated heterocycles. The highest BCUT2D eigenvalue weighted by Crippen LogP contribution is 2.35. The third kappa shape index (κ3) is 3.77. The molecule has 1 aromatic carbocycles. The van der Waals surface area contributed by atoms with Crippen LogP contribution in [0.4, 0.5) is 4.79 Å². The first kappa shape index (κ1) is 17.7. The van der Waals surface area contributed by atoms with E-state index in [0.717, 1.165) is 5.56 Å². The topological polar surface area (TPSA) is 102 Å². The second kappa shape index (κ2) is 7.87. The van der Waals surface area contributed by atoms with Crippen LogP contribution >= 0.6 is 11.8 Å². The lowest BCUT2D eigenvalue weighted by atomic mass is 10.1. The number of aromatic nitrogens is 3. The standard InChI is InChI=1S/C17H17N5O3S/c1-18-16(24)19-15(23)13(11-7-4-3-5-8-11)26-17-21-20-14(22(17)2)12-9-6-10-25-12/h3-10,13H,1-2H3,(H2,18,19,23,24)/t13-/m1/s1. The zero-order valence-electron chi connectivity index (χ0n) is 14.2. The van der Waals surface area contributed by atoms with Crippen molar-refractivity contribution in [2.45, 2.75) is 10.4 Å². The molecule has 0 aliphatic rings. The number of amides is 3. The van der Waals surface area contributed by atoms with Crippen molar-refractivity contribution in [2.75, 3.05) is 7.05 Å². The predicted octanol–water partition coefficient (Wildman–Crippen LogP) is 2.36. The predicted molar refractivity (Wildman–Crippen MR) is 96.3 cm³/mol. The van der Waals surface area contributed by atoms with Gasteiger partial charge in [-0.1, -0.05) is 42.1 Å². The highest BCUT2D eigenvalue weighted by molar-refractivity contribution is 8.00. The summed E-state index contributed by atoms with van der Waals surface area (Å²) in [6.07, 6.45) is 1.56. The maximum absolute atomic E-state index is 12.6. The Labute approximate surface area is 154 Å². The van der Waals surface area contributed by atoms with E-state index >= 15 is 0 Å². The number of benzene rings is 1. The Hall–Kier alpha value is -3.07. The van der Waals surface area contributed by atoms with Crippen LogP contribution in [-0.4, -0.2) is 33.8 Å². The molecular formula is C17H17N5O3S. The number of nitrogens with one attached hydrogen (secondary N) is 2. The van der Waals surface area contributed by atoms with Crippen molar-refractivity contribution in [1.82, 2.24) is 25.4 Å². The lowest BCUT2D eigenvalue weighted by molar-refractivity contribution is -0.119. The number of carbonyl (C=O) groups excluding carboxylic acids is 2. The molecule has 8 nitrogen and oxygen atoms in total. The molecule has 3 aromatic rings. The molecule has 0 aliphatic carbocycles. The summed E-state index contributed by atoms with van der Waals surface area (Å²) in [5, 5.41) is 12.8. The van der Waals surface area contributed by atoms with Gasteiger partial charge in [0.1, 0.15) is 5.25 Å². The fourth-order valence-electron chi connectivity index (χ4n) is 2.28. The number of rotatable bonds is 5. The molecule has 0 fully saturated rings. The molecule has 0 spiro atoms. The fraction of sp³-hybridized carbons (Fsp3) is 0.176. The Morgan fingerprint density at radius 1 is 1.15 bits per heavy atom. The van der Waals surface area contributed by atoms with Crippen molar-refractivity contribution in [2.24, 2.45) is 7.05 Å². The van der Waals surface area contributed by atoms with E-state index in [1.807, 2.05) is 30.3 Å². The summed E-state index contributed by atoms with van der Waals surface area (Å²) in [7, 11) is 3.24. The molecule has 3 rings (SSSR count). The Morgan fingerprint density at radius 2 is 1.92 bits per heavy atom. The monoisotopic (exact) mass is 371 g/mol. The smallest absolute Gasteiger partial charge is 0.321 e. The lowest BCUT2D eigenvalue weighted by Gasteiger charge is -2.15. The summed E-state index contributed by atoms with van der Waals surface area (Å²) in [5.74, 6) is 0.692.